The number of benzodiazepines with no additional fused rings is 1. The van der Waals surface area contributed by atoms with E-state index in [-0.39, 0.29) is 5.91 Å². The van der Waals surface area contributed by atoms with E-state index < -0.39 is 6.04 Å². The van der Waals surface area contributed by atoms with E-state index in [2.05, 4.69) is 29.8 Å². The molecule has 1 aliphatic rings. The van der Waals surface area contributed by atoms with Crippen LogP contribution in [0.3, 0.4) is 0 Å². The van der Waals surface area contributed by atoms with Gasteiger partial charge in [0, 0.05) is 15.6 Å². The Labute approximate surface area is 209 Å². The van der Waals surface area contributed by atoms with Crippen LogP contribution in [0.5, 0.6) is 11.5 Å². The van der Waals surface area contributed by atoms with E-state index in [0.29, 0.717) is 30.4 Å². The zero-order valence-electron chi connectivity index (χ0n) is 19.9. The topological polar surface area (TPSA) is 51.1 Å². The molecule has 176 valence electrons. The molecule has 1 aliphatic heterocycles. The average molecular weight is 521 g/mol. The molecule has 0 radical (unpaired) electrons. The highest BCUT2D eigenvalue weighted by molar-refractivity contribution is 9.10. The Hall–Kier alpha value is -3.12. The maximum atomic E-state index is 13.9. The number of carbonyl (C=O) groups is 1. The summed E-state index contributed by atoms with van der Waals surface area (Å²) in [6.45, 7) is 4.72. The smallest absolute Gasteiger partial charge is 0.252 e. The fraction of sp³-hybridized carbons (Fsp3) is 0.286. The lowest BCUT2D eigenvalue weighted by Crippen LogP contribution is -2.38. The minimum atomic E-state index is -0.488. The van der Waals surface area contributed by atoms with Gasteiger partial charge >= 0.3 is 0 Å². The van der Waals surface area contributed by atoms with Gasteiger partial charge in [-0.2, -0.15) is 0 Å². The number of hydrogen-bond acceptors (Lipinski definition) is 4. The van der Waals surface area contributed by atoms with Crippen molar-refractivity contribution >= 4 is 33.2 Å². The first-order valence-corrected chi connectivity index (χ1v) is 12.2. The lowest BCUT2D eigenvalue weighted by Gasteiger charge is -2.26. The molecule has 1 heterocycles. The summed E-state index contributed by atoms with van der Waals surface area (Å²) in [4.78, 5) is 20.9. The van der Waals surface area contributed by atoms with Crippen molar-refractivity contribution in [2.24, 2.45) is 10.9 Å². The van der Waals surface area contributed by atoms with Gasteiger partial charge in [0.1, 0.15) is 6.04 Å². The second-order valence-corrected chi connectivity index (χ2v) is 9.68. The largest absolute Gasteiger partial charge is 0.493 e. The van der Waals surface area contributed by atoms with Gasteiger partial charge in [0.15, 0.2) is 11.5 Å². The predicted molar refractivity (Wildman–Crippen MR) is 140 cm³/mol. The molecule has 3 aromatic rings. The van der Waals surface area contributed by atoms with Crippen LogP contribution in [-0.2, 0) is 11.3 Å². The zero-order chi connectivity index (χ0) is 24.2. The number of fused-ring (bicyclic) bond motifs is 1. The second-order valence-electron chi connectivity index (χ2n) is 8.76. The van der Waals surface area contributed by atoms with Crippen LogP contribution in [0.25, 0.3) is 0 Å². The quantitative estimate of drug-likeness (QED) is 0.369. The summed E-state index contributed by atoms with van der Waals surface area (Å²) < 4.78 is 11.9. The summed E-state index contributed by atoms with van der Waals surface area (Å²) in [5.41, 5.74) is 4.46. The van der Waals surface area contributed by atoms with Gasteiger partial charge in [0.05, 0.1) is 32.2 Å². The minimum Gasteiger partial charge on any atom is -0.493 e. The van der Waals surface area contributed by atoms with Crippen molar-refractivity contribution in [1.82, 2.24) is 0 Å². The average Bonchev–Trinajstić information content (AvgIpc) is 2.94. The number of halogens is 1. The second kappa shape index (κ2) is 10.4. The van der Waals surface area contributed by atoms with Crippen LogP contribution in [0.1, 0.15) is 37.0 Å². The molecule has 34 heavy (non-hydrogen) atoms. The molecule has 0 N–H and O–H groups in total. The van der Waals surface area contributed by atoms with Crippen molar-refractivity contribution in [2.75, 3.05) is 19.1 Å². The van der Waals surface area contributed by atoms with Crippen molar-refractivity contribution in [3.63, 3.8) is 0 Å². The third-order valence-corrected chi connectivity index (χ3v) is 6.37. The Bertz CT molecular complexity index is 1210. The summed E-state index contributed by atoms with van der Waals surface area (Å²) in [6.07, 6.45) is 0.663. The van der Waals surface area contributed by atoms with Crippen LogP contribution in [0.15, 0.2) is 76.2 Å². The molecule has 0 saturated carbocycles. The molecule has 3 aromatic carbocycles. The molecule has 0 aliphatic carbocycles. The van der Waals surface area contributed by atoms with Gasteiger partial charge in [-0.1, -0.05) is 60.1 Å². The van der Waals surface area contributed by atoms with Crippen molar-refractivity contribution in [2.45, 2.75) is 32.9 Å². The fourth-order valence-corrected chi connectivity index (χ4v) is 4.62. The number of benzene rings is 3. The summed E-state index contributed by atoms with van der Waals surface area (Å²) in [5, 5.41) is 0. The third-order valence-electron chi connectivity index (χ3n) is 5.88. The number of aliphatic imine (C=N–C) groups is 1. The van der Waals surface area contributed by atoms with Crippen molar-refractivity contribution in [3.05, 3.63) is 87.9 Å². The number of carbonyl (C=O) groups excluding carboxylic acids is 1. The van der Waals surface area contributed by atoms with Gasteiger partial charge in [-0.05, 0) is 54.3 Å². The van der Waals surface area contributed by atoms with E-state index in [9.17, 15) is 4.79 Å². The van der Waals surface area contributed by atoms with Gasteiger partial charge in [0.25, 0.3) is 5.91 Å². The maximum Gasteiger partial charge on any atom is 0.252 e. The SMILES string of the molecule is COc1ccc(C2=N[C@H](CC(C)C)C(=O)N(Cc3ccccc3)c3ccc(Br)cc32)cc1OC. The number of anilines is 1. The molecule has 5 nitrogen and oxygen atoms in total. The third kappa shape index (κ3) is 5.02. The number of amides is 1. The van der Waals surface area contributed by atoms with Gasteiger partial charge < -0.3 is 14.4 Å². The van der Waals surface area contributed by atoms with Gasteiger partial charge in [-0.3, -0.25) is 9.79 Å². The Morgan fingerprint density at radius 1 is 0.971 bits per heavy atom. The van der Waals surface area contributed by atoms with E-state index in [1.165, 1.54) is 0 Å². The molecule has 6 heteroatoms. The molecule has 0 spiro atoms. The Balaban J connectivity index is 1.91. The monoisotopic (exact) mass is 520 g/mol. The first-order chi connectivity index (χ1) is 16.4. The van der Waals surface area contributed by atoms with Crippen LogP contribution in [0.4, 0.5) is 5.69 Å². The van der Waals surface area contributed by atoms with Crippen LogP contribution in [0.2, 0.25) is 0 Å². The molecule has 4 rings (SSSR count). The standard InChI is InChI=1S/C28H29BrN2O3/c1-18(2)14-23-28(32)31(17-19-8-6-5-7-9-19)24-12-11-21(29)16-22(24)27(30-23)20-10-13-25(33-3)26(15-20)34-4/h5-13,15-16,18,23H,14,17H2,1-4H3/t23-/m1/s1. The minimum absolute atomic E-state index is 0.0107. The van der Waals surface area contributed by atoms with E-state index in [1.54, 1.807) is 14.2 Å². The van der Waals surface area contributed by atoms with Gasteiger partial charge in [0.2, 0.25) is 0 Å². The van der Waals surface area contributed by atoms with E-state index >= 15 is 0 Å². The van der Waals surface area contributed by atoms with Crippen molar-refractivity contribution in [1.29, 1.82) is 0 Å². The van der Waals surface area contributed by atoms with E-state index in [4.69, 9.17) is 14.5 Å². The zero-order valence-corrected chi connectivity index (χ0v) is 21.5. The normalized spacial score (nSPS) is 15.6. The fourth-order valence-electron chi connectivity index (χ4n) is 4.26. The molecule has 0 saturated heterocycles. The van der Waals surface area contributed by atoms with E-state index in [0.717, 1.165) is 32.6 Å². The summed E-state index contributed by atoms with van der Waals surface area (Å²) >= 11 is 3.62. The highest BCUT2D eigenvalue weighted by Gasteiger charge is 2.33. The predicted octanol–water partition coefficient (Wildman–Crippen LogP) is 6.27. The highest BCUT2D eigenvalue weighted by atomic mass is 79.9. The maximum absolute atomic E-state index is 13.9. The first-order valence-electron chi connectivity index (χ1n) is 11.4. The first kappa shape index (κ1) is 24.0. The number of methoxy groups -OCH3 is 2. The van der Waals surface area contributed by atoms with Crippen LogP contribution in [-0.4, -0.2) is 31.9 Å². The van der Waals surface area contributed by atoms with Crippen molar-refractivity contribution < 1.29 is 14.3 Å². The van der Waals surface area contributed by atoms with Gasteiger partial charge in [-0.15, -0.1) is 0 Å². The molecule has 0 fully saturated rings. The Morgan fingerprint density at radius 3 is 2.38 bits per heavy atom. The van der Waals surface area contributed by atoms with Crippen molar-refractivity contribution in [3.8, 4) is 11.5 Å². The lowest BCUT2D eigenvalue weighted by atomic mass is 9.99. The molecule has 1 atom stereocenters. The van der Waals surface area contributed by atoms with Crippen LogP contribution in [0, 0.1) is 5.92 Å². The van der Waals surface area contributed by atoms with Crippen LogP contribution < -0.4 is 14.4 Å². The summed E-state index contributed by atoms with van der Waals surface area (Å²) in [7, 11) is 3.24. The molecule has 0 aromatic heterocycles. The van der Waals surface area contributed by atoms with Gasteiger partial charge in [-0.25, -0.2) is 0 Å². The lowest BCUT2D eigenvalue weighted by molar-refractivity contribution is -0.120. The van der Waals surface area contributed by atoms with Crippen LogP contribution >= 0.6 is 15.9 Å². The van der Waals surface area contributed by atoms with E-state index in [1.807, 2.05) is 71.6 Å². The number of hydrogen-bond donors (Lipinski definition) is 0. The summed E-state index contributed by atoms with van der Waals surface area (Å²) in [5.74, 6) is 1.60. The number of ether oxygens (including phenoxy) is 2. The summed E-state index contributed by atoms with van der Waals surface area (Å²) in [6, 6.07) is 21.3. The Morgan fingerprint density at radius 2 is 1.71 bits per heavy atom. The molecule has 0 bridgehead atoms. The molecule has 1 amide bonds. The molecular weight excluding hydrogens is 492 g/mol. The molecule has 0 unspecified atom stereocenters. The number of nitrogens with zero attached hydrogens (tertiary/aromatic N) is 2. The highest BCUT2D eigenvalue weighted by Crippen LogP contribution is 2.35. The number of rotatable bonds is 7. The Kier molecular flexibility index (Phi) is 7.37. The molecular formula is C28H29BrN2O3.